The molecule has 0 radical (unpaired) electrons. The predicted molar refractivity (Wildman–Crippen MR) is 79.8 cm³/mol. The van der Waals surface area contributed by atoms with E-state index in [1.807, 2.05) is 25.1 Å². The first kappa shape index (κ1) is 13.6. The van der Waals surface area contributed by atoms with E-state index >= 15 is 0 Å². The van der Waals surface area contributed by atoms with Crippen molar-refractivity contribution < 1.29 is 14.3 Å². The first-order valence-electron chi connectivity index (χ1n) is 6.72. The Bertz CT molecular complexity index is 664. The molecule has 4 nitrogen and oxygen atoms in total. The van der Waals surface area contributed by atoms with Gasteiger partial charge in [0.05, 0.1) is 12.6 Å². The van der Waals surface area contributed by atoms with Crippen LogP contribution in [0.2, 0.25) is 0 Å². The molecule has 1 amide bonds. The smallest absolute Gasteiger partial charge is 0.290 e. The van der Waals surface area contributed by atoms with E-state index in [1.54, 1.807) is 4.90 Å². The van der Waals surface area contributed by atoms with E-state index in [2.05, 4.69) is 15.9 Å². The number of fused-ring (bicyclic) bond motifs is 1. The van der Waals surface area contributed by atoms with Crippen LogP contribution in [0.3, 0.4) is 0 Å². The Morgan fingerprint density at radius 1 is 1.55 bits per heavy atom. The van der Waals surface area contributed by atoms with Gasteiger partial charge in [-0.05, 0) is 38.0 Å². The molecule has 2 heterocycles. The summed E-state index contributed by atoms with van der Waals surface area (Å²) >= 11 is 3.43. The second kappa shape index (κ2) is 5.22. The van der Waals surface area contributed by atoms with Crippen molar-refractivity contribution in [2.45, 2.75) is 25.8 Å². The summed E-state index contributed by atoms with van der Waals surface area (Å²) < 4.78 is 6.69. The van der Waals surface area contributed by atoms with Gasteiger partial charge in [-0.2, -0.15) is 0 Å². The van der Waals surface area contributed by atoms with Crippen LogP contribution >= 0.6 is 15.9 Å². The lowest BCUT2D eigenvalue weighted by Crippen LogP contribution is -2.37. The van der Waals surface area contributed by atoms with Crippen LogP contribution in [0, 0.1) is 6.92 Å². The number of carbonyl (C=O) groups is 1. The van der Waals surface area contributed by atoms with E-state index in [-0.39, 0.29) is 18.6 Å². The fraction of sp³-hybridized carbons (Fsp3) is 0.400. The van der Waals surface area contributed by atoms with Gasteiger partial charge < -0.3 is 14.4 Å². The first-order chi connectivity index (χ1) is 9.61. The summed E-state index contributed by atoms with van der Waals surface area (Å²) in [4.78, 5) is 14.3. The number of likely N-dealkylation sites (tertiary alicyclic amines) is 1. The van der Waals surface area contributed by atoms with Crippen LogP contribution in [-0.2, 0) is 0 Å². The van der Waals surface area contributed by atoms with Gasteiger partial charge in [0.15, 0.2) is 5.76 Å². The third kappa shape index (κ3) is 2.15. The molecule has 0 aliphatic carbocycles. The molecule has 1 aromatic carbocycles. The number of furan rings is 1. The highest BCUT2D eigenvalue weighted by Crippen LogP contribution is 2.30. The van der Waals surface area contributed by atoms with E-state index in [4.69, 9.17) is 4.42 Å². The minimum absolute atomic E-state index is 0.0105. The highest BCUT2D eigenvalue weighted by atomic mass is 79.9. The molecule has 5 heteroatoms. The molecule has 1 atom stereocenters. The number of hydrogen-bond acceptors (Lipinski definition) is 3. The maximum Gasteiger partial charge on any atom is 0.290 e. The molecular weight excluding hydrogens is 322 g/mol. The second-order valence-electron chi connectivity index (χ2n) is 5.17. The zero-order valence-corrected chi connectivity index (χ0v) is 12.8. The minimum Gasteiger partial charge on any atom is -0.451 e. The molecule has 0 spiro atoms. The van der Waals surface area contributed by atoms with Gasteiger partial charge in [-0.15, -0.1) is 0 Å². The zero-order valence-electron chi connectivity index (χ0n) is 11.2. The molecule has 1 N–H and O–H groups in total. The summed E-state index contributed by atoms with van der Waals surface area (Å²) in [6, 6.07) is 5.63. The second-order valence-corrected chi connectivity index (χ2v) is 6.09. The molecule has 1 aromatic heterocycles. The van der Waals surface area contributed by atoms with Crippen LogP contribution in [0.1, 0.15) is 29.0 Å². The van der Waals surface area contributed by atoms with Crippen LogP contribution in [0.25, 0.3) is 11.0 Å². The molecule has 106 valence electrons. The van der Waals surface area contributed by atoms with Crippen LogP contribution in [0.15, 0.2) is 27.1 Å². The maximum absolute atomic E-state index is 12.6. The fourth-order valence-electron chi connectivity index (χ4n) is 2.82. The van der Waals surface area contributed by atoms with Crippen molar-refractivity contribution in [1.82, 2.24) is 4.90 Å². The summed E-state index contributed by atoms with van der Waals surface area (Å²) in [5.41, 5.74) is 1.57. The van der Waals surface area contributed by atoms with E-state index in [9.17, 15) is 9.90 Å². The van der Waals surface area contributed by atoms with E-state index in [0.29, 0.717) is 17.9 Å². The highest BCUT2D eigenvalue weighted by molar-refractivity contribution is 9.10. The first-order valence-corrected chi connectivity index (χ1v) is 7.51. The molecule has 2 aromatic rings. The van der Waals surface area contributed by atoms with Crippen LogP contribution < -0.4 is 0 Å². The topological polar surface area (TPSA) is 53.7 Å². The Morgan fingerprint density at radius 2 is 2.35 bits per heavy atom. The number of aliphatic hydroxyl groups is 1. The quantitative estimate of drug-likeness (QED) is 0.916. The fourth-order valence-corrected chi connectivity index (χ4v) is 3.18. The molecular formula is C15H16BrNO3. The standard InChI is InChI=1S/C15H16BrNO3/c1-9-12-7-10(16)4-5-13(12)20-14(9)15(19)17-6-2-3-11(17)8-18/h4-5,7,11,18H,2-3,6,8H2,1H3/t11-/m0/s1. The van der Waals surface area contributed by atoms with Gasteiger partial charge >= 0.3 is 0 Å². The largest absolute Gasteiger partial charge is 0.451 e. The normalized spacial score (nSPS) is 18.9. The van der Waals surface area contributed by atoms with Crippen molar-refractivity contribution >= 4 is 32.8 Å². The average molecular weight is 338 g/mol. The van der Waals surface area contributed by atoms with E-state index in [1.165, 1.54) is 0 Å². The minimum atomic E-state index is -0.119. The third-order valence-electron chi connectivity index (χ3n) is 3.94. The maximum atomic E-state index is 12.6. The third-order valence-corrected chi connectivity index (χ3v) is 4.43. The molecule has 3 rings (SSSR count). The van der Waals surface area contributed by atoms with Crippen molar-refractivity contribution in [3.63, 3.8) is 0 Å². The number of hydrogen-bond donors (Lipinski definition) is 1. The number of carbonyl (C=O) groups excluding carboxylic acids is 1. The van der Waals surface area contributed by atoms with Gasteiger partial charge in [-0.1, -0.05) is 15.9 Å². The van der Waals surface area contributed by atoms with Crippen molar-refractivity contribution in [2.24, 2.45) is 0 Å². The summed E-state index contributed by atoms with van der Waals surface area (Å²) in [6.45, 7) is 2.59. The highest BCUT2D eigenvalue weighted by Gasteiger charge is 2.31. The Kier molecular flexibility index (Phi) is 3.56. The molecule has 1 aliphatic rings. The van der Waals surface area contributed by atoms with Crippen LogP contribution in [-0.4, -0.2) is 35.1 Å². The zero-order chi connectivity index (χ0) is 14.3. The average Bonchev–Trinajstić information content (AvgIpc) is 3.03. The lowest BCUT2D eigenvalue weighted by molar-refractivity contribution is 0.0647. The van der Waals surface area contributed by atoms with Crippen molar-refractivity contribution in [3.05, 3.63) is 34.0 Å². The van der Waals surface area contributed by atoms with E-state index < -0.39 is 0 Å². The van der Waals surface area contributed by atoms with Crippen LogP contribution in [0.5, 0.6) is 0 Å². The Balaban J connectivity index is 2.01. The number of amides is 1. The van der Waals surface area contributed by atoms with Crippen molar-refractivity contribution in [2.75, 3.05) is 13.2 Å². The number of rotatable bonds is 2. The molecule has 1 fully saturated rings. The molecule has 1 aliphatic heterocycles. The molecule has 0 unspecified atom stereocenters. The Labute approximate surface area is 125 Å². The van der Waals surface area contributed by atoms with Gasteiger partial charge in [0.2, 0.25) is 0 Å². The summed E-state index contributed by atoms with van der Waals surface area (Å²) in [5.74, 6) is 0.268. The lowest BCUT2D eigenvalue weighted by Gasteiger charge is -2.22. The monoisotopic (exact) mass is 337 g/mol. The number of aryl methyl sites for hydroxylation is 1. The predicted octanol–water partition coefficient (Wildman–Crippen LogP) is 3.10. The van der Waals surface area contributed by atoms with Gasteiger partial charge in [-0.25, -0.2) is 0 Å². The van der Waals surface area contributed by atoms with Crippen LogP contribution in [0.4, 0.5) is 0 Å². The lowest BCUT2D eigenvalue weighted by atomic mass is 10.1. The number of nitrogens with zero attached hydrogens (tertiary/aromatic N) is 1. The van der Waals surface area contributed by atoms with Gasteiger partial charge in [0.1, 0.15) is 5.58 Å². The van der Waals surface area contributed by atoms with E-state index in [0.717, 1.165) is 28.3 Å². The SMILES string of the molecule is Cc1c(C(=O)N2CCC[C@H]2CO)oc2ccc(Br)cc12. The number of benzene rings is 1. The van der Waals surface area contributed by atoms with Gasteiger partial charge in [0.25, 0.3) is 5.91 Å². The van der Waals surface area contributed by atoms with Crippen molar-refractivity contribution in [3.8, 4) is 0 Å². The van der Waals surface area contributed by atoms with Crippen molar-refractivity contribution in [1.29, 1.82) is 0 Å². The Morgan fingerprint density at radius 3 is 3.10 bits per heavy atom. The van der Waals surface area contributed by atoms with Gasteiger partial charge in [0, 0.05) is 22.0 Å². The molecule has 0 saturated carbocycles. The number of halogens is 1. The molecule has 20 heavy (non-hydrogen) atoms. The molecule has 0 bridgehead atoms. The molecule has 1 saturated heterocycles. The summed E-state index contributed by atoms with van der Waals surface area (Å²) in [6.07, 6.45) is 1.79. The Hall–Kier alpha value is -1.33. The number of aliphatic hydroxyl groups excluding tert-OH is 1. The summed E-state index contributed by atoms with van der Waals surface area (Å²) in [5, 5.41) is 10.3. The van der Waals surface area contributed by atoms with Gasteiger partial charge in [-0.3, -0.25) is 4.79 Å². The summed E-state index contributed by atoms with van der Waals surface area (Å²) in [7, 11) is 0.